The largest absolute Gasteiger partial charge is 0.393 e. The van der Waals surface area contributed by atoms with Gasteiger partial charge in [0.15, 0.2) is 0 Å². The van der Waals surface area contributed by atoms with Crippen molar-refractivity contribution in [3.8, 4) is 5.69 Å². The molecule has 1 saturated carbocycles. The zero-order valence-electron chi connectivity index (χ0n) is 14.9. The molecule has 0 saturated heterocycles. The molecule has 1 aliphatic carbocycles. The number of benzene rings is 1. The van der Waals surface area contributed by atoms with Crippen molar-refractivity contribution in [2.45, 2.75) is 37.8 Å². The molecule has 1 aromatic carbocycles. The van der Waals surface area contributed by atoms with Gasteiger partial charge in [-0.15, -0.1) is 0 Å². The third-order valence-electron chi connectivity index (χ3n) is 5.21. The minimum absolute atomic E-state index is 0.0452. The van der Waals surface area contributed by atoms with Gasteiger partial charge in [0.1, 0.15) is 11.6 Å². The molecule has 28 heavy (non-hydrogen) atoms. The van der Waals surface area contributed by atoms with Crippen LogP contribution in [0.25, 0.3) is 5.69 Å². The normalized spacial score (nSPS) is 21.4. The molecular formula is C19H19FN4O4. The first-order chi connectivity index (χ1) is 13.3. The van der Waals surface area contributed by atoms with E-state index in [0.717, 1.165) is 29.5 Å². The number of amides is 2. The lowest BCUT2D eigenvalue weighted by Gasteiger charge is -2.28. The predicted molar refractivity (Wildman–Crippen MR) is 100 cm³/mol. The van der Waals surface area contributed by atoms with Crippen molar-refractivity contribution in [1.29, 1.82) is 0 Å². The average Bonchev–Trinajstić information content (AvgIpc) is 2.93. The number of anilines is 2. The van der Waals surface area contributed by atoms with Gasteiger partial charge >= 0.3 is 0 Å². The number of aliphatic hydroxyl groups excluding tert-OH is 1. The molecule has 1 fully saturated rings. The molecule has 2 amide bonds. The van der Waals surface area contributed by atoms with Crippen LogP contribution in [0.3, 0.4) is 0 Å². The smallest absolute Gasteiger partial charge is 0.262 e. The number of rotatable bonds is 3. The number of hydrogen-bond donors (Lipinski definition) is 4. The van der Waals surface area contributed by atoms with Gasteiger partial charge in [0.2, 0.25) is 0 Å². The maximum absolute atomic E-state index is 14.0. The number of fused-ring (bicyclic) bond motifs is 1. The first-order valence-corrected chi connectivity index (χ1v) is 9.01. The standard InChI is InChI=1S/C19H19FN4O4/c20-9-1-6-13(22-10-2-4-11(25)5-3-10)14(7-9)24-15(26)8-12-16(17(24)21)19(28)23-18(12)27/h1,6-8,10-11,22,25H,2-5,21H2,(H,23,27,28). The molecule has 2 heterocycles. The van der Waals surface area contributed by atoms with E-state index in [1.54, 1.807) is 0 Å². The van der Waals surface area contributed by atoms with Crippen molar-refractivity contribution in [3.05, 3.63) is 51.6 Å². The van der Waals surface area contributed by atoms with Crippen LogP contribution in [0.1, 0.15) is 46.4 Å². The van der Waals surface area contributed by atoms with E-state index in [1.165, 1.54) is 12.1 Å². The number of pyridine rings is 1. The molecule has 1 aliphatic heterocycles. The number of nitrogen functional groups attached to an aromatic ring is 1. The highest BCUT2D eigenvalue weighted by Crippen LogP contribution is 2.29. The van der Waals surface area contributed by atoms with E-state index in [9.17, 15) is 23.9 Å². The summed E-state index contributed by atoms with van der Waals surface area (Å²) in [5.41, 5.74) is 5.86. The molecule has 0 radical (unpaired) electrons. The fraction of sp³-hybridized carbons (Fsp3) is 0.316. The highest BCUT2D eigenvalue weighted by Gasteiger charge is 2.32. The molecule has 1 aromatic heterocycles. The summed E-state index contributed by atoms with van der Waals surface area (Å²) in [4.78, 5) is 36.5. The minimum Gasteiger partial charge on any atom is -0.393 e. The number of aliphatic hydroxyl groups is 1. The zero-order chi connectivity index (χ0) is 20.0. The third kappa shape index (κ3) is 3.03. The lowest BCUT2D eigenvalue weighted by atomic mass is 9.93. The number of nitrogens with two attached hydrogens (primary N) is 1. The van der Waals surface area contributed by atoms with Crippen LogP contribution in [0.5, 0.6) is 0 Å². The summed E-state index contributed by atoms with van der Waals surface area (Å²) in [6, 6.07) is 4.98. The van der Waals surface area contributed by atoms with Crippen LogP contribution in [-0.2, 0) is 0 Å². The fourth-order valence-electron chi connectivity index (χ4n) is 3.78. The van der Waals surface area contributed by atoms with Gasteiger partial charge in [0, 0.05) is 18.2 Å². The minimum atomic E-state index is -0.696. The lowest BCUT2D eigenvalue weighted by molar-refractivity contribution is 0.0879. The second kappa shape index (κ2) is 6.75. The summed E-state index contributed by atoms with van der Waals surface area (Å²) in [6.07, 6.45) is 2.43. The number of aromatic nitrogens is 1. The fourth-order valence-corrected chi connectivity index (χ4v) is 3.78. The van der Waals surface area contributed by atoms with Gasteiger partial charge in [-0.3, -0.25) is 24.3 Å². The summed E-state index contributed by atoms with van der Waals surface area (Å²) >= 11 is 0. The maximum atomic E-state index is 14.0. The highest BCUT2D eigenvalue weighted by atomic mass is 19.1. The van der Waals surface area contributed by atoms with Gasteiger partial charge < -0.3 is 16.2 Å². The van der Waals surface area contributed by atoms with Gasteiger partial charge in [0.25, 0.3) is 17.4 Å². The molecule has 0 bridgehead atoms. The molecule has 8 nitrogen and oxygen atoms in total. The first-order valence-electron chi connectivity index (χ1n) is 9.01. The van der Waals surface area contributed by atoms with E-state index in [1.807, 2.05) is 0 Å². The molecule has 4 rings (SSSR count). The van der Waals surface area contributed by atoms with E-state index in [4.69, 9.17) is 5.73 Å². The number of nitrogens with zero attached hydrogens (tertiary/aromatic N) is 1. The van der Waals surface area contributed by atoms with Crippen LogP contribution in [0.4, 0.5) is 15.9 Å². The Morgan fingerprint density at radius 2 is 1.82 bits per heavy atom. The van der Waals surface area contributed by atoms with E-state index in [2.05, 4.69) is 10.6 Å². The topological polar surface area (TPSA) is 126 Å². The number of imide groups is 1. The van der Waals surface area contributed by atoms with E-state index >= 15 is 0 Å². The monoisotopic (exact) mass is 386 g/mol. The molecular weight excluding hydrogens is 367 g/mol. The number of halogens is 1. The summed E-state index contributed by atoms with van der Waals surface area (Å²) in [5, 5.41) is 15.0. The van der Waals surface area contributed by atoms with Crippen molar-refractivity contribution < 1.29 is 19.1 Å². The van der Waals surface area contributed by atoms with Gasteiger partial charge in [-0.1, -0.05) is 0 Å². The highest BCUT2D eigenvalue weighted by molar-refractivity contribution is 6.23. The van der Waals surface area contributed by atoms with Crippen molar-refractivity contribution in [1.82, 2.24) is 9.88 Å². The maximum Gasteiger partial charge on any atom is 0.262 e. The molecule has 5 N–H and O–H groups in total. The van der Waals surface area contributed by atoms with E-state index < -0.39 is 23.2 Å². The summed E-state index contributed by atoms with van der Waals surface area (Å²) in [6.45, 7) is 0. The number of carbonyl (C=O) groups excluding carboxylic acids is 2. The van der Waals surface area contributed by atoms with Gasteiger partial charge in [-0.2, -0.15) is 0 Å². The van der Waals surface area contributed by atoms with Gasteiger partial charge in [0.05, 0.1) is 28.6 Å². The molecule has 2 aromatic rings. The van der Waals surface area contributed by atoms with Crippen LogP contribution in [0.2, 0.25) is 0 Å². The number of hydrogen-bond acceptors (Lipinski definition) is 6. The quantitative estimate of drug-likeness (QED) is 0.587. The molecule has 2 aliphatic rings. The Balaban J connectivity index is 1.81. The Hall–Kier alpha value is -3.20. The van der Waals surface area contributed by atoms with Gasteiger partial charge in [-0.05, 0) is 37.8 Å². The van der Waals surface area contributed by atoms with Crippen molar-refractivity contribution in [3.63, 3.8) is 0 Å². The average molecular weight is 386 g/mol. The van der Waals surface area contributed by atoms with Crippen molar-refractivity contribution >= 4 is 23.3 Å². The first kappa shape index (κ1) is 18.2. The SMILES string of the molecule is Nc1c2c(cc(=O)n1-c1cc(F)ccc1NC1CCC(O)CC1)C(=O)NC2=O. The Morgan fingerprint density at radius 1 is 1.11 bits per heavy atom. The van der Waals surface area contributed by atoms with Crippen LogP contribution >= 0.6 is 0 Å². The summed E-state index contributed by atoms with van der Waals surface area (Å²) in [7, 11) is 0. The van der Waals surface area contributed by atoms with Crippen LogP contribution in [-0.4, -0.2) is 33.6 Å². The molecule has 0 spiro atoms. The lowest BCUT2D eigenvalue weighted by Crippen LogP contribution is -2.30. The van der Waals surface area contributed by atoms with Crippen molar-refractivity contribution in [2.24, 2.45) is 0 Å². The number of nitrogens with one attached hydrogen (secondary N) is 2. The summed E-state index contributed by atoms with van der Waals surface area (Å²) < 4.78 is 15.0. The Kier molecular flexibility index (Phi) is 4.38. The number of carbonyl (C=O) groups is 2. The Morgan fingerprint density at radius 3 is 2.54 bits per heavy atom. The van der Waals surface area contributed by atoms with Crippen molar-refractivity contribution in [2.75, 3.05) is 11.1 Å². The Bertz CT molecular complexity index is 1040. The Labute approximate surface area is 159 Å². The van der Waals surface area contributed by atoms with Crippen LogP contribution in [0.15, 0.2) is 29.1 Å². The second-order valence-electron chi connectivity index (χ2n) is 7.09. The molecule has 146 valence electrons. The molecule has 0 atom stereocenters. The van der Waals surface area contributed by atoms with Crippen LogP contribution < -0.4 is 21.9 Å². The molecule has 9 heteroatoms. The predicted octanol–water partition coefficient (Wildman–Crippen LogP) is 1.16. The molecule has 0 unspecified atom stereocenters. The van der Waals surface area contributed by atoms with Gasteiger partial charge in [-0.25, -0.2) is 4.39 Å². The second-order valence-corrected chi connectivity index (χ2v) is 7.09. The van der Waals surface area contributed by atoms with Crippen LogP contribution in [0, 0.1) is 5.82 Å². The summed E-state index contributed by atoms with van der Waals surface area (Å²) in [5.74, 6) is -2.18. The zero-order valence-corrected chi connectivity index (χ0v) is 14.9. The van der Waals surface area contributed by atoms with E-state index in [0.29, 0.717) is 18.5 Å². The third-order valence-corrected chi connectivity index (χ3v) is 5.21. The van der Waals surface area contributed by atoms with E-state index in [-0.39, 0.29) is 34.8 Å².